The normalized spacial score (nSPS) is 19.4. The topological polar surface area (TPSA) is 26.0 Å². The van der Waals surface area contributed by atoms with Crippen LogP contribution < -0.4 is 0 Å². The summed E-state index contributed by atoms with van der Waals surface area (Å²) < 4.78 is 4.96. The van der Waals surface area contributed by atoms with E-state index in [1.807, 2.05) is 0 Å². The Balaban J connectivity index is 0.971. The van der Waals surface area contributed by atoms with Crippen molar-refractivity contribution in [3.05, 3.63) is 196 Å². The fourth-order valence-corrected chi connectivity index (χ4v) is 11.1. The van der Waals surface area contributed by atoms with Crippen LogP contribution in [-0.2, 0) is 24.8 Å². The summed E-state index contributed by atoms with van der Waals surface area (Å²) in [4.78, 5) is 8.08. The van der Waals surface area contributed by atoms with Gasteiger partial charge in [-0.2, -0.15) is 0 Å². The maximum Gasteiger partial charge on any atom is 0.145 e. The molecule has 5 aliphatic rings. The van der Waals surface area contributed by atoms with Crippen LogP contribution in [-0.4, -0.2) is 26.1 Å². The summed E-state index contributed by atoms with van der Waals surface area (Å²) in [6, 6.07) is 41.0. The van der Waals surface area contributed by atoms with E-state index >= 15 is 0 Å². The monoisotopic (exact) mass is 750 g/mol. The predicted molar refractivity (Wildman–Crippen MR) is 239 cm³/mol. The summed E-state index contributed by atoms with van der Waals surface area (Å²) in [6.07, 6.45) is 25.4. The lowest BCUT2D eigenvalue weighted by molar-refractivity contribution is 0.438. The average molecular weight is 751 g/mol. The molecule has 282 valence electrons. The van der Waals surface area contributed by atoms with E-state index in [1.54, 1.807) is 0 Å². The molecule has 1 unspecified atom stereocenters. The summed E-state index contributed by atoms with van der Waals surface area (Å²) in [6.45, 7) is 0.887. The fourth-order valence-electron chi connectivity index (χ4n) is 11.1. The first kappa shape index (κ1) is 33.7. The number of pyridine rings is 1. The first-order valence-electron chi connectivity index (χ1n) is 21.3. The highest BCUT2D eigenvalue weighted by atomic mass is 15.1. The number of benzene rings is 4. The Morgan fingerprint density at radius 2 is 1.38 bits per heavy atom. The Kier molecular flexibility index (Phi) is 7.60. The van der Waals surface area contributed by atoms with Crippen molar-refractivity contribution in [1.82, 2.24) is 19.0 Å². The molecule has 0 N–H and O–H groups in total. The smallest absolute Gasteiger partial charge is 0.145 e. The summed E-state index contributed by atoms with van der Waals surface area (Å²) in [5, 5.41) is 2.64. The van der Waals surface area contributed by atoms with Gasteiger partial charge >= 0.3 is 0 Å². The molecule has 4 heteroatoms. The third-order valence-corrected chi connectivity index (χ3v) is 13.6. The second kappa shape index (κ2) is 13.1. The molecule has 12 rings (SSSR count). The highest BCUT2D eigenvalue weighted by Gasteiger charge is 2.49. The Hall–Kier alpha value is -6.39. The standard InChI is InChI=1S/C54H46N4/c1-56-33-32-44-42-18-9-12-22-49(42)57(51(44)35-56)40-28-24-36(25-29-40)37-26-30-41(31-27-37)58-50-23-13-10-19-43(50)46-34-48-52(55-53(46)58)45-20-8-11-21-47(45)54(48,38-14-4-2-5-15-38)39-16-6-3-7-17-39/h2,4-6,9,11-12,14-18,21-22,24-34H,3,7-8,10,13,19-20,23,35H2,1H3. The second-order valence-electron chi connectivity index (χ2n) is 16.8. The van der Waals surface area contributed by atoms with Gasteiger partial charge in [0.15, 0.2) is 0 Å². The van der Waals surface area contributed by atoms with Gasteiger partial charge in [-0.3, -0.25) is 4.57 Å². The molecule has 4 aromatic carbocycles. The van der Waals surface area contributed by atoms with E-state index in [2.05, 4.69) is 173 Å². The van der Waals surface area contributed by atoms with Crippen molar-refractivity contribution < 1.29 is 0 Å². The zero-order valence-electron chi connectivity index (χ0n) is 33.1. The predicted octanol–water partition coefficient (Wildman–Crippen LogP) is 12.6. The van der Waals surface area contributed by atoms with Crippen molar-refractivity contribution in [2.45, 2.75) is 63.3 Å². The van der Waals surface area contributed by atoms with E-state index < -0.39 is 0 Å². The van der Waals surface area contributed by atoms with Crippen LogP contribution in [0.3, 0.4) is 0 Å². The first-order chi connectivity index (χ1) is 28.7. The van der Waals surface area contributed by atoms with Crippen molar-refractivity contribution in [2.75, 3.05) is 7.05 Å². The highest BCUT2D eigenvalue weighted by Crippen LogP contribution is 2.58. The van der Waals surface area contributed by atoms with Crippen molar-refractivity contribution in [3.8, 4) is 22.5 Å². The number of fused-ring (bicyclic) bond motifs is 8. The van der Waals surface area contributed by atoms with Crippen LogP contribution in [0, 0.1) is 0 Å². The van der Waals surface area contributed by atoms with E-state index in [4.69, 9.17) is 4.98 Å². The minimum Gasteiger partial charge on any atom is -0.375 e. The van der Waals surface area contributed by atoms with Gasteiger partial charge in [-0.25, -0.2) is 4.98 Å². The van der Waals surface area contributed by atoms with Crippen molar-refractivity contribution in [1.29, 1.82) is 0 Å². The van der Waals surface area contributed by atoms with Gasteiger partial charge in [-0.05, 0) is 145 Å². The minimum atomic E-state index is -0.358. The molecule has 0 bridgehead atoms. The molecule has 58 heavy (non-hydrogen) atoms. The highest BCUT2D eigenvalue weighted by molar-refractivity contribution is 5.95. The van der Waals surface area contributed by atoms with Gasteiger partial charge < -0.3 is 9.47 Å². The van der Waals surface area contributed by atoms with E-state index in [1.165, 1.54) is 108 Å². The lowest BCUT2D eigenvalue weighted by Crippen LogP contribution is -2.30. The Bertz CT molecular complexity index is 2960. The van der Waals surface area contributed by atoms with Crippen molar-refractivity contribution in [2.24, 2.45) is 0 Å². The van der Waals surface area contributed by atoms with Crippen LogP contribution in [0.25, 0.3) is 56.1 Å². The van der Waals surface area contributed by atoms with Crippen LogP contribution in [0.2, 0.25) is 0 Å². The maximum absolute atomic E-state index is 5.82. The quantitative estimate of drug-likeness (QED) is 0.175. The number of aromatic nitrogens is 3. The summed E-state index contributed by atoms with van der Waals surface area (Å²) in [5.74, 6) is 0. The maximum atomic E-state index is 5.82. The molecular formula is C54H46N4. The summed E-state index contributed by atoms with van der Waals surface area (Å²) in [5.41, 5.74) is 20.6. The SMILES string of the molecule is CN1C=Cc2c(n(-c3ccc(-c4ccc(-n5c6c(c7cc8c(nc75)C5=C(C=CCC5)C8(C5=CCCC=C5)c5ccccc5)CCCC6)cc4)cc3)c3ccccc23)C1. The Labute approximate surface area is 340 Å². The van der Waals surface area contributed by atoms with Gasteiger partial charge in [-0.15, -0.1) is 0 Å². The van der Waals surface area contributed by atoms with E-state index in [-0.39, 0.29) is 5.41 Å². The van der Waals surface area contributed by atoms with E-state index in [0.29, 0.717) is 0 Å². The lowest BCUT2D eigenvalue weighted by Gasteiger charge is -2.36. The van der Waals surface area contributed by atoms with Crippen molar-refractivity contribution in [3.63, 3.8) is 0 Å². The molecule has 4 heterocycles. The third-order valence-electron chi connectivity index (χ3n) is 13.6. The van der Waals surface area contributed by atoms with Gasteiger partial charge in [0.2, 0.25) is 0 Å². The Morgan fingerprint density at radius 3 is 2.17 bits per heavy atom. The van der Waals surface area contributed by atoms with Crippen LogP contribution in [0.4, 0.5) is 0 Å². The molecular weight excluding hydrogens is 705 g/mol. The van der Waals surface area contributed by atoms with E-state index in [9.17, 15) is 0 Å². The van der Waals surface area contributed by atoms with Gasteiger partial charge in [-0.1, -0.05) is 103 Å². The number of aryl methyl sites for hydroxylation is 1. The molecule has 3 aromatic heterocycles. The molecule has 1 aliphatic heterocycles. The molecule has 0 fully saturated rings. The minimum absolute atomic E-state index is 0.358. The zero-order chi connectivity index (χ0) is 38.4. The lowest BCUT2D eigenvalue weighted by atomic mass is 9.65. The van der Waals surface area contributed by atoms with Crippen LogP contribution in [0.15, 0.2) is 157 Å². The number of para-hydroxylation sites is 1. The van der Waals surface area contributed by atoms with Gasteiger partial charge in [0.1, 0.15) is 5.65 Å². The van der Waals surface area contributed by atoms with Crippen molar-refractivity contribution >= 4 is 33.6 Å². The summed E-state index contributed by atoms with van der Waals surface area (Å²) >= 11 is 0. The zero-order valence-corrected chi connectivity index (χ0v) is 33.1. The number of rotatable bonds is 5. The number of hydrogen-bond donors (Lipinski definition) is 0. The number of hydrogen-bond acceptors (Lipinski definition) is 2. The molecule has 0 radical (unpaired) electrons. The molecule has 7 aromatic rings. The molecule has 0 spiro atoms. The molecule has 4 aliphatic carbocycles. The molecule has 0 amide bonds. The molecule has 0 saturated heterocycles. The second-order valence-corrected chi connectivity index (χ2v) is 16.8. The van der Waals surface area contributed by atoms with Crippen LogP contribution in [0.5, 0.6) is 0 Å². The summed E-state index contributed by atoms with van der Waals surface area (Å²) in [7, 11) is 2.15. The van der Waals surface area contributed by atoms with Crippen LogP contribution >= 0.6 is 0 Å². The number of allylic oxidation sites excluding steroid dienone is 8. The first-order valence-corrected chi connectivity index (χ1v) is 21.3. The van der Waals surface area contributed by atoms with Gasteiger partial charge in [0.25, 0.3) is 0 Å². The van der Waals surface area contributed by atoms with Crippen LogP contribution in [0.1, 0.15) is 77.9 Å². The molecule has 1 atom stereocenters. The third kappa shape index (κ3) is 4.84. The largest absolute Gasteiger partial charge is 0.375 e. The molecule has 0 saturated carbocycles. The van der Waals surface area contributed by atoms with Gasteiger partial charge in [0, 0.05) is 40.5 Å². The van der Waals surface area contributed by atoms with Gasteiger partial charge in [0.05, 0.1) is 28.9 Å². The molecule has 4 nitrogen and oxygen atoms in total. The van der Waals surface area contributed by atoms with E-state index in [0.717, 1.165) is 50.7 Å². The fraction of sp³-hybridized carbons (Fsp3) is 0.204. The Morgan fingerprint density at radius 1 is 0.638 bits per heavy atom. The number of nitrogens with zero attached hydrogens (tertiary/aromatic N) is 4. The average Bonchev–Trinajstić information content (AvgIpc) is 3.90.